The molecule has 5 heteroatoms. The largest absolute Gasteiger partial charge is 1.00 e. The van der Waals surface area contributed by atoms with Crippen molar-refractivity contribution >= 4 is 6.16 Å². The van der Waals surface area contributed by atoms with E-state index in [1.165, 1.54) is 0 Å². The van der Waals surface area contributed by atoms with Gasteiger partial charge in [-0.1, -0.05) is 0 Å². The van der Waals surface area contributed by atoms with E-state index < -0.39 is 6.16 Å². The summed E-state index contributed by atoms with van der Waals surface area (Å²) in [6, 6.07) is 0. The predicted molar refractivity (Wildman–Crippen MR) is 17.3 cm³/mol. The maximum absolute atomic E-state index is 9.80. The Morgan fingerprint density at radius 1 is 1.25 bits per heavy atom. The molecule has 3 nitrogen and oxygen atoms in total. The number of rotatable bonds is 0. The number of halogens is 1. The number of hydrogen-bond acceptors (Lipinski definition) is 3. The average Bonchev–Trinajstić information content (AvgIpc) is 1.86. The fraction of sp³-hybridized carbons (Fsp3) is 0.667. The Labute approximate surface area is 57.9 Å². The van der Waals surface area contributed by atoms with Gasteiger partial charge in [-0.25, -0.2) is 4.79 Å². The molecule has 0 amide bonds. The quantitative estimate of drug-likeness (QED) is 0.232. The van der Waals surface area contributed by atoms with Crippen LogP contribution in [0.5, 0.6) is 0 Å². The molecule has 0 bridgehead atoms. The summed E-state index contributed by atoms with van der Waals surface area (Å²) >= 11 is 0. The first-order valence-electron chi connectivity index (χ1n) is 1.69. The number of cyclic esters (lactones) is 2. The summed E-state index contributed by atoms with van der Waals surface area (Å²) in [5, 5.41) is 0. The predicted octanol–water partition coefficient (Wildman–Crippen LogP) is -5.84. The molecule has 1 fully saturated rings. The second-order valence-corrected chi connectivity index (χ2v) is 0.947. The van der Waals surface area contributed by atoms with Crippen molar-refractivity contribution in [3.8, 4) is 0 Å². The summed E-state index contributed by atoms with van der Waals surface area (Å²) in [4.78, 5) is 9.80. The van der Waals surface area contributed by atoms with Gasteiger partial charge in [-0.2, -0.15) is 0 Å². The van der Waals surface area contributed by atoms with Crippen molar-refractivity contribution in [3.05, 3.63) is 0 Å². The van der Waals surface area contributed by atoms with Crippen molar-refractivity contribution in [2.24, 2.45) is 0 Å². The van der Waals surface area contributed by atoms with Crippen LogP contribution in [0.1, 0.15) is 0 Å². The summed E-state index contributed by atoms with van der Waals surface area (Å²) in [6.07, 6.45) is -0.546. The zero-order chi connectivity index (χ0) is 4.41. The molecular weight excluding hydrogens is 110 g/mol. The van der Waals surface area contributed by atoms with Gasteiger partial charge in [0.1, 0.15) is 13.2 Å². The maximum Gasteiger partial charge on any atom is 1.00 e. The number of ether oxygens (including phenoxy) is 2. The van der Waals surface area contributed by atoms with Gasteiger partial charge >= 0.3 is 25.0 Å². The second kappa shape index (κ2) is 4.94. The average molecular weight is 114 g/mol. The van der Waals surface area contributed by atoms with Gasteiger partial charge in [0.15, 0.2) is 0 Å². The fourth-order valence-electron chi connectivity index (χ4n) is 0.292. The van der Waals surface area contributed by atoms with E-state index in [2.05, 4.69) is 9.47 Å². The van der Waals surface area contributed by atoms with Gasteiger partial charge in [0.2, 0.25) is 0 Å². The third kappa shape index (κ3) is 2.89. The van der Waals surface area contributed by atoms with Crippen molar-refractivity contribution in [2.75, 3.05) is 13.2 Å². The Bertz CT molecular complexity index is 68.9. The first-order chi connectivity index (χ1) is 2.89. The van der Waals surface area contributed by atoms with E-state index in [0.717, 1.165) is 0 Å². The molecule has 1 rings (SSSR count). The fourth-order valence-corrected chi connectivity index (χ4v) is 0.292. The van der Waals surface area contributed by atoms with Gasteiger partial charge in [-0.3, -0.25) is 0 Å². The molecule has 1 aliphatic rings. The molecule has 0 aromatic heterocycles. The number of carbonyl (C=O) groups excluding carboxylic acids is 1. The van der Waals surface area contributed by atoms with E-state index in [0.29, 0.717) is 13.2 Å². The molecule has 42 valence electrons. The molecule has 0 N–H and O–H groups in total. The van der Waals surface area contributed by atoms with Gasteiger partial charge in [0.25, 0.3) is 0 Å². The summed E-state index contributed by atoms with van der Waals surface area (Å²) < 4.78 is 8.58. The van der Waals surface area contributed by atoms with E-state index in [9.17, 15) is 4.79 Å². The second-order valence-electron chi connectivity index (χ2n) is 0.947. The van der Waals surface area contributed by atoms with E-state index in [1.807, 2.05) is 0 Å². The Morgan fingerprint density at radius 3 is 1.75 bits per heavy atom. The van der Waals surface area contributed by atoms with Gasteiger partial charge in [0.05, 0.1) is 0 Å². The van der Waals surface area contributed by atoms with Crippen molar-refractivity contribution < 1.29 is 37.8 Å². The molecule has 0 radical (unpaired) electrons. The van der Waals surface area contributed by atoms with E-state index in [-0.39, 0.29) is 23.6 Å². The van der Waals surface area contributed by atoms with Gasteiger partial charge < -0.3 is 14.2 Å². The van der Waals surface area contributed by atoms with Gasteiger partial charge in [0, 0.05) is 0 Å². The standard InChI is InChI=1S/C3H4O3.FH.Li/c4-3-5-1-2-6-3;;/h1-2H2;1H;/q;;+1/p-1. The molecule has 0 aromatic rings. The Hall–Kier alpha value is -0.203. The monoisotopic (exact) mass is 114 g/mol. The minimum absolute atomic E-state index is 0. The van der Waals surface area contributed by atoms with Crippen LogP contribution in [-0.4, -0.2) is 19.4 Å². The van der Waals surface area contributed by atoms with Crippen molar-refractivity contribution in [1.29, 1.82) is 0 Å². The molecule has 0 aliphatic carbocycles. The van der Waals surface area contributed by atoms with Crippen LogP contribution in [0, 0.1) is 0 Å². The summed E-state index contributed by atoms with van der Waals surface area (Å²) in [7, 11) is 0. The van der Waals surface area contributed by atoms with Crippen LogP contribution in [0.2, 0.25) is 0 Å². The molecule has 0 aromatic carbocycles. The Balaban J connectivity index is 0. The van der Waals surface area contributed by atoms with Crippen LogP contribution in [0.4, 0.5) is 4.79 Å². The minimum atomic E-state index is -0.546. The van der Waals surface area contributed by atoms with Crippen molar-refractivity contribution in [1.82, 2.24) is 0 Å². The zero-order valence-corrected chi connectivity index (χ0v) is 4.52. The summed E-state index contributed by atoms with van der Waals surface area (Å²) in [5.74, 6) is 0. The minimum Gasteiger partial charge on any atom is -1.00 e. The molecule has 1 saturated heterocycles. The molecular formula is C3H4FLiO3. The molecule has 1 aliphatic heterocycles. The van der Waals surface area contributed by atoms with Crippen LogP contribution >= 0.6 is 0 Å². The molecule has 0 saturated carbocycles. The number of hydrogen-bond donors (Lipinski definition) is 0. The molecule has 8 heavy (non-hydrogen) atoms. The third-order valence-corrected chi connectivity index (χ3v) is 0.523. The smallest absolute Gasteiger partial charge is 1.00 e. The number of carbonyl (C=O) groups is 1. The summed E-state index contributed by atoms with van der Waals surface area (Å²) in [6.45, 7) is 0.831. The van der Waals surface area contributed by atoms with Crippen molar-refractivity contribution in [2.45, 2.75) is 0 Å². The Morgan fingerprint density at radius 2 is 1.62 bits per heavy atom. The summed E-state index contributed by atoms with van der Waals surface area (Å²) in [5.41, 5.74) is 0. The van der Waals surface area contributed by atoms with Crippen LogP contribution in [0.15, 0.2) is 0 Å². The van der Waals surface area contributed by atoms with Gasteiger partial charge in [-0.05, 0) is 0 Å². The molecule has 0 spiro atoms. The zero-order valence-electron chi connectivity index (χ0n) is 4.52. The van der Waals surface area contributed by atoms with Crippen LogP contribution in [0.3, 0.4) is 0 Å². The SMILES string of the molecule is O=C1OCCO1.[F-].[Li+]. The van der Waals surface area contributed by atoms with Gasteiger partial charge in [-0.15, -0.1) is 0 Å². The molecule has 1 heterocycles. The van der Waals surface area contributed by atoms with E-state index in [4.69, 9.17) is 0 Å². The van der Waals surface area contributed by atoms with E-state index >= 15 is 0 Å². The van der Waals surface area contributed by atoms with Crippen molar-refractivity contribution in [3.63, 3.8) is 0 Å². The van der Waals surface area contributed by atoms with E-state index in [1.54, 1.807) is 0 Å². The van der Waals surface area contributed by atoms with Crippen LogP contribution in [0.25, 0.3) is 0 Å². The van der Waals surface area contributed by atoms with Crippen LogP contribution in [-0.2, 0) is 9.47 Å². The maximum atomic E-state index is 9.80. The van der Waals surface area contributed by atoms with Crippen LogP contribution < -0.4 is 23.6 Å². The first-order valence-corrected chi connectivity index (χ1v) is 1.69. The topological polar surface area (TPSA) is 35.5 Å². The molecule has 0 unspecified atom stereocenters. The third-order valence-electron chi connectivity index (χ3n) is 0.523. The molecule has 0 atom stereocenters. The Kier molecular flexibility index (Phi) is 6.63. The normalized spacial score (nSPS) is 14.8. The first kappa shape index (κ1) is 10.7.